The number of nitrogens with one attached hydrogen (secondary N) is 1. The number of carbonyl (C=O) groups excluding carboxylic acids is 1. The third kappa shape index (κ3) is 4.07. The van der Waals surface area contributed by atoms with Crippen LogP contribution in [0, 0.1) is 19.7 Å². The SMILES string of the molecule is CC(=CC(=O)Nc1ccc(F)cc1C(=O)O)c1ccc(C)cc1C. The van der Waals surface area contributed by atoms with Crippen molar-refractivity contribution in [3.05, 3.63) is 70.5 Å². The minimum absolute atomic E-state index is 0.0542. The summed E-state index contributed by atoms with van der Waals surface area (Å²) in [6.45, 7) is 5.75. The summed E-state index contributed by atoms with van der Waals surface area (Å²) >= 11 is 0. The van der Waals surface area contributed by atoms with Gasteiger partial charge in [-0.3, -0.25) is 4.79 Å². The number of hydrogen-bond donors (Lipinski definition) is 2. The number of carbonyl (C=O) groups is 2. The molecule has 2 aromatic carbocycles. The maximum atomic E-state index is 13.2. The van der Waals surface area contributed by atoms with Gasteiger partial charge in [0.15, 0.2) is 0 Å². The number of anilines is 1. The number of halogens is 1. The van der Waals surface area contributed by atoms with Crippen molar-refractivity contribution in [3.63, 3.8) is 0 Å². The summed E-state index contributed by atoms with van der Waals surface area (Å²) in [6, 6.07) is 9.12. The number of aryl methyl sites for hydroxylation is 2. The molecule has 0 heterocycles. The molecule has 0 aliphatic heterocycles. The Labute approximate surface area is 139 Å². The monoisotopic (exact) mass is 327 g/mol. The molecule has 0 unspecified atom stereocenters. The third-order valence-electron chi connectivity index (χ3n) is 3.62. The van der Waals surface area contributed by atoms with E-state index >= 15 is 0 Å². The zero-order chi connectivity index (χ0) is 17.9. The number of allylic oxidation sites excluding steroid dienone is 1. The molecule has 5 heteroatoms. The van der Waals surface area contributed by atoms with Crippen LogP contribution < -0.4 is 5.32 Å². The van der Waals surface area contributed by atoms with E-state index in [9.17, 15) is 14.0 Å². The Hall–Kier alpha value is -2.95. The highest BCUT2D eigenvalue weighted by molar-refractivity contribution is 6.07. The predicted octanol–water partition coefficient (Wildman–Crippen LogP) is 4.18. The lowest BCUT2D eigenvalue weighted by atomic mass is 9.99. The first-order valence-electron chi connectivity index (χ1n) is 7.37. The van der Waals surface area contributed by atoms with Crippen LogP contribution in [0.25, 0.3) is 5.57 Å². The van der Waals surface area contributed by atoms with Gasteiger partial charge in [-0.15, -0.1) is 0 Å². The van der Waals surface area contributed by atoms with Gasteiger partial charge in [-0.05, 0) is 55.7 Å². The van der Waals surface area contributed by atoms with E-state index < -0.39 is 17.7 Å². The summed E-state index contributed by atoms with van der Waals surface area (Å²) in [5.74, 6) is -2.45. The minimum Gasteiger partial charge on any atom is -0.478 e. The Morgan fingerprint density at radius 3 is 2.42 bits per heavy atom. The van der Waals surface area contributed by atoms with E-state index in [4.69, 9.17) is 5.11 Å². The molecular weight excluding hydrogens is 309 g/mol. The number of hydrogen-bond acceptors (Lipinski definition) is 2. The highest BCUT2D eigenvalue weighted by atomic mass is 19.1. The normalized spacial score (nSPS) is 11.2. The smallest absolute Gasteiger partial charge is 0.337 e. The van der Waals surface area contributed by atoms with Crippen LogP contribution in [-0.2, 0) is 4.79 Å². The summed E-state index contributed by atoms with van der Waals surface area (Å²) in [5, 5.41) is 11.6. The maximum Gasteiger partial charge on any atom is 0.337 e. The van der Waals surface area contributed by atoms with Crippen LogP contribution in [-0.4, -0.2) is 17.0 Å². The molecule has 0 fully saturated rings. The van der Waals surface area contributed by atoms with E-state index in [2.05, 4.69) is 5.32 Å². The molecule has 0 saturated heterocycles. The van der Waals surface area contributed by atoms with E-state index in [1.54, 1.807) is 6.92 Å². The van der Waals surface area contributed by atoms with Gasteiger partial charge in [0.25, 0.3) is 0 Å². The highest BCUT2D eigenvalue weighted by Crippen LogP contribution is 2.21. The number of benzene rings is 2. The fourth-order valence-electron chi connectivity index (χ4n) is 2.50. The Morgan fingerprint density at radius 1 is 1.08 bits per heavy atom. The molecule has 0 aliphatic rings. The summed E-state index contributed by atoms with van der Waals surface area (Å²) in [5.41, 5.74) is 3.63. The Morgan fingerprint density at radius 2 is 1.79 bits per heavy atom. The van der Waals surface area contributed by atoms with Crippen molar-refractivity contribution in [2.45, 2.75) is 20.8 Å². The Kier molecular flexibility index (Phi) is 5.14. The first kappa shape index (κ1) is 17.4. The number of carboxylic acids is 1. The lowest BCUT2D eigenvalue weighted by molar-refractivity contribution is -0.111. The maximum absolute atomic E-state index is 13.2. The predicted molar refractivity (Wildman–Crippen MR) is 91.6 cm³/mol. The molecule has 0 radical (unpaired) electrons. The van der Waals surface area contributed by atoms with Gasteiger partial charge in [-0.25, -0.2) is 9.18 Å². The van der Waals surface area contributed by atoms with E-state index in [1.165, 1.54) is 12.1 Å². The molecule has 1 amide bonds. The molecule has 0 spiro atoms. The van der Waals surface area contributed by atoms with Crippen molar-refractivity contribution in [2.75, 3.05) is 5.32 Å². The van der Waals surface area contributed by atoms with E-state index in [-0.39, 0.29) is 11.3 Å². The van der Waals surface area contributed by atoms with E-state index in [1.807, 2.05) is 32.0 Å². The molecule has 2 N–H and O–H groups in total. The average molecular weight is 327 g/mol. The summed E-state index contributed by atoms with van der Waals surface area (Å²) < 4.78 is 13.2. The van der Waals surface area contributed by atoms with Gasteiger partial charge in [-0.1, -0.05) is 23.8 Å². The van der Waals surface area contributed by atoms with Crippen molar-refractivity contribution in [1.82, 2.24) is 0 Å². The van der Waals surface area contributed by atoms with Crippen LogP contribution in [0.4, 0.5) is 10.1 Å². The minimum atomic E-state index is -1.31. The van der Waals surface area contributed by atoms with Crippen molar-refractivity contribution in [3.8, 4) is 0 Å². The van der Waals surface area contributed by atoms with Crippen LogP contribution in [0.3, 0.4) is 0 Å². The van der Waals surface area contributed by atoms with Crippen molar-refractivity contribution in [2.24, 2.45) is 0 Å². The largest absolute Gasteiger partial charge is 0.478 e. The molecule has 0 aliphatic carbocycles. The van der Waals surface area contributed by atoms with Crippen molar-refractivity contribution in [1.29, 1.82) is 0 Å². The van der Waals surface area contributed by atoms with Gasteiger partial charge in [-0.2, -0.15) is 0 Å². The number of aromatic carboxylic acids is 1. The van der Waals surface area contributed by atoms with Gasteiger partial charge >= 0.3 is 5.97 Å². The van der Waals surface area contributed by atoms with Crippen LogP contribution in [0.1, 0.15) is 34.0 Å². The zero-order valence-electron chi connectivity index (χ0n) is 13.7. The number of rotatable bonds is 4. The van der Waals surface area contributed by atoms with Gasteiger partial charge in [0.1, 0.15) is 5.82 Å². The van der Waals surface area contributed by atoms with Gasteiger partial charge in [0, 0.05) is 6.08 Å². The second kappa shape index (κ2) is 7.08. The van der Waals surface area contributed by atoms with Crippen LogP contribution in [0.5, 0.6) is 0 Å². The Balaban J connectivity index is 2.26. The molecular formula is C19H18FNO3. The quantitative estimate of drug-likeness (QED) is 0.828. The second-order valence-corrected chi connectivity index (χ2v) is 5.63. The fourth-order valence-corrected chi connectivity index (χ4v) is 2.50. The number of carboxylic acid groups (broad SMARTS) is 1. The van der Waals surface area contributed by atoms with Gasteiger partial charge < -0.3 is 10.4 Å². The lowest BCUT2D eigenvalue weighted by Gasteiger charge is -2.09. The number of amides is 1. The van der Waals surface area contributed by atoms with Crippen molar-refractivity contribution >= 4 is 23.1 Å². The summed E-state index contributed by atoms with van der Waals surface area (Å²) in [6.07, 6.45) is 1.40. The topological polar surface area (TPSA) is 66.4 Å². The summed E-state index contributed by atoms with van der Waals surface area (Å²) in [7, 11) is 0. The van der Waals surface area contributed by atoms with Crippen LogP contribution in [0.15, 0.2) is 42.5 Å². The molecule has 2 aromatic rings. The molecule has 0 aromatic heterocycles. The van der Waals surface area contributed by atoms with Gasteiger partial charge in [0.05, 0.1) is 11.3 Å². The fraction of sp³-hybridized carbons (Fsp3) is 0.158. The molecule has 4 nitrogen and oxygen atoms in total. The Bertz CT molecular complexity index is 841. The van der Waals surface area contributed by atoms with Crippen LogP contribution >= 0.6 is 0 Å². The molecule has 0 atom stereocenters. The first-order chi connectivity index (χ1) is 11.3. The van der Waals surface area contributed by atoms with E-state index in [0.29, 0.717) is 0 Å². The van der Waals surface area contributed by atoms with Crippen LogP contribution in [0.2, 0.25) is 0 Å². The first-order valence-corrected chi connectivity index (χ1v) is 7.37. The standard InChI is InChI=1S/C19H18FNO3/c1-11-4-6-15(12(2)8-11)13(3)9-18(22)21-17-7-5-14(20)10-16(17)19(23)24/h4-10H,1-3H3,(H,21,22)(H,23,24). The lowest BCUT2D eigenvalue weighted by Crippen LogP contribution is -2.13. The van der Waals surface area contributed by atoms with Crippen molar-refractivity contribution < 1.29 is 19.1 Å². The second-order valence-electron chi connectivity index (χ2n) is 5.63. The molecule has 2 rings (SSSR count). The molecule has 0 saturated carbocycles. The molecule has 124 valence electrons. The average Bonchev–Trinajstić information content (AvgIpc) is 2.48. The summed E-state index contributed by atoms with van der Waals surface area (Å²) in [4.78, 5) is 23.3. The highest BCUT2D eigenvalue weighted by Gasteiger charge is 2.13. The van der Waals surface area contributed by atoms with Gasteiger partial charge in [0.2, 0.25) is 5.91 Å². The molecule has 24 heavy (non-hydrogen) atoms. The zero-order valence-corrected chi connectivity index (χ0v) is 13.7. The third-order valence-corrected chi connectivity index (χ3v) is 3.62. The van der Waals surface area contributed by atoms with E-state index in [0.717, 1.165) is 34.4 Å². The molecule has 0 bridgehead atoms.